The number of hydrogen-bond acceptors (Lipinski definition) is 3. The molecule has 1 aromatic carbocycles. The van der Waals surface area contributed by atoms with E-state index in [9.17, 15) is 18.0 Å². The number of alkyl halides is 3. The molecule has 4 nitrogen and oxygen atoms in total. The topological polar surface area (TPSA) is 64.4 Å². The fourth-order valence-corrected chi connectivity index (χ4v) is 1.70. The van der Waals surface area contributed by atoms with Crippen molar-refractivity contribution in [3.8, 4) is 5.75 Å². The second-order valence-electron chi connectivity index (χ2n) is 4.57. The van der Waals surface area contributed by atoms with Crippen molar-refractivity contribution in [1.82, 2.24) is 5.32 Å². The van der Waals surface area contributed by atoms with Crippen LogP contribution in [0.1, 0.15) is 31.2 Å². The van der Waals surface area contributed by atoms with Crippen molar-refractivity contribution in [2.24, 2.45) is 5.73 Å². The molecule has 0 aliphatic rings. The van der Waals surface area contributed by atoms with Crippen LogP contribution < -0.4 is 15.8 Å². The van der Waals surface area contributed by atoms with Crippen LogP contribution in [-0.2, 0) is 11.3 Å². The highest BCUT2D eigenvalue weighted by Crippen LogP contribution is 2.22. The molecule has 0 aliphatic heterocycles. The number of benzene rings is 1. The summed E-state index contributed by atoms with van der Waals surface area (Å²) in [6, 6.07) is 5.40. The third-order valence-corrected chi connectivity index (χ3v) is 2.75. The highest BCUT2D eigenvalue weighted by molar-refractivity contribution is 5.75. The lowest BCUT2D eigenvalue weighted by molar-refractivity contribution is -0.274. The Labute approximate surface area is 121 Å². The van der Waals surface area contributed by atoms with E-state index in [0.29, 0.717) is 18.5 Å². The van der Waals surface area contributed by atoms with Crippen molar-refractivity contribution in [3.63, 3.8) is 0 Å². The first-order chi connectivity index (χ1) is 9.90. The van der Waals surface area contributed by atoms with Crippen LogP contribution in [0.5, 0.6) is 5.75 Å². The van der Waals surface area contributed by atoms with Crippen LogP contribution in [0.15, 0.2) is 24.3 Å². The van der Waals surface area contributed by atoms with Crippen molar-refractivity contribution in [2.75, 3.05) is 6.54 Å². The first-order valence-corrected chi connectivity index (χ1v) is 6.72. The van der Waals surface area contributed by atoms with Gasteiger partial charge in [0.2, 0.25) is 5.91 Å². The zero-order valence-electron chi connectivity index (χ0n) is 11.6. The average molecular weight is 304 g/mol. The number of rotatable bonds is 8. The maximum atomic E-state index is 12.0. The quantitative estimate of drug-likeness (QED) is 0.726. The predicted molar refractivity (Wildman–Crippen MR) is 72.5 cm³/mol. The Hall–Kier alpha value is -1.76. The smallest absolute Gasteiger partial charge is 0.406 e. The van der Waals surface area contributed by atoms with Crippen LogP contribution in [0.25, 0.3) is 0 Å². The molecule has 0 fully saturated rings. The Kier molecular flexibility index (Phi) is 7.01. The van der Waals surface area contributed by atoms with Gasteiger partial charge in [-0.15, -0.1) is 13.2 Å². The molecule has 0 aromatic heterocycles. The van der Waals surface area contributed by atoms with Crippen molar-refractivity contribution < 1.29 is 22.7 Å². The van der Waals surface area contributed by atoms with Gasteiger partial charge in [-0.2, -0.15) is 0 Å². The van der Waals surface area contributed by atoms with E-state index in [0.717, 1.165) is 19.3 Å². The normalized spacial score (nSPS) is 11.2. The molecular formula is C14H19F3N2O2. The van der Waals surface area contributed by atoms with E-state index in [-0.39, 0.29) is 18.2 Å². The number of carbonyl (C=O) groups excluding carboxylic acids is 1. The lowest BCUT2D eigenvalue weighted by Crippen LogP contribution is -2.22. The number of ether oxygens (including phenoxy) is 1. The molecule has 0 heterocycles. The monoisotopic (exact) mass is 304 g/mol. The molecule has 0 saturated heterocycles. The molecule has 1 amide bonds. The molecule has 118 valence electrons. The third kappa shape index (κ3) is 8.19. The van der Waals surface area contributed by atoms with Crippen molar-refractivity contribution in [3.05, 3.63) is 29.8 Å². The molecule has 0 spiro atoms. The highest BCUT2D eigenvalue weighted by atomic mass is 19.4. The number of unbranched alkanes of at least 4 members (excludes halogenated alkanes) is 2. The van der Waals surface area contributed by atoms with E-state index in [1.165, 1.54) is 24.3 Å². The van der Waals surface area contributed by atoms with Gasteiger partial charge < -0.3 is 15.8 Å². The molecule has 3 N–H and O–H groups in total. The van der Waals surface area contributed by atoms with E-state index in [1.54, 1.807) is 0 Å². The van der Waals surface area contributed by atoms with Gasteiger partial charge in [-0.1, -0.05) is 18.6 Å². The second kappa shape index (κ2) is 8.51. The average Bonchev–Trinajstić information content (AvgIpc) is 2.41. The summed E-state index contributed by atoms with van der Waals surface area (Å²) in [5.74, 6) is -0.359. The molecule has 1 rings (SSSR count). The van der Waals surface area contributed by atoms with Gasteiger partial charge in [0.15, 0.2) is 0 Å². The fourth-order valence-electron chi connectivity index (χ4n) is 1.70. The second-order valence-corrected chi connectivity index (χ2v) is 4.57. The molecule has 1 aromatic rings. The summed E-state index contributed by atoms with van der Waals surface area (Å²) in [7, 11) is 0. The number of hydrogen-bond donors (Lipinski definition) is 2. The minimum atomic E-state index is -4.70. The zero-order valence-corrected chi connectivity index (χ0v) is 11.6. The zero-order chi connectivity index (χ0) is 15.7. The Morgan fingerprint density at radius 3 is 2.38 bits per heavy atom. The van der Waals surface area contributed by atoms with Gasteiger partial charge in [-0.3, -0.25) is 4.79 Å². The number of amides is 1. The van der Waals surface area contributed by atoms with Gasteiger partial charge in [0.05, 0.1) is 0 Å². The van der Waals surface area contributed by atoms with Crippen molar-refractivity contribution in [1.29, 1.82) is 0 Å². The summed E-state index contributed by atoms with van der Waals surface area (Å²) in [6.45, 7) is 0.899. The molecule has 0 unspecified atom stereocenters. The van der Waals surface area contributed by atoms with Crippen LogP contribution in [-0.4, -0.2) is 18.8 Å². The van der Waals surface area contributed by atoms with Crippen molar-refractivity contribution >= 4 is 5.91 Å². The van der Waals surface area contributed by atoms with Crippen molar-refractivity contribution in [2.45, 2.75) is 38.6 Å². The molecule has 0 saturated carbocycles. The third-order valence-electron chi connectivity index (χ3n) is 2.75. The van der Waals surface area contributed by atoms with Gasteiger partial charge >= 0.3 is 6.36 Å². The fraction of sp³-hybridized carbons (Fsp3) is 0.500. The standard InChI is InChI=1S/C14H19F3N2O2/c15-14(16,17)21-12-7-5-11(6-8-12)10-19-13(20)4-2-1-3-9-18/h5-8H,1-4,9-10,18H2,(H,19,20). The maximum Gasteiger partial charge on any atom is 0.573 e. The Morgan fingerprint density at radius 1 is 1.14 bits per heavy atom. The highest BCUT2D eigenvalue weighted by Gasteiger charge is 2.30. The summed E-state index contributed by atoms with van der Waals surface area (Å²) >= 11 is 0. The predicted octanol–water partition coefficient (Wildman–Crippen LogP) is 2.72. The maximum absolute atomic E-state index is 12.0. The Morgan fingerprint density at radius 2 is 1.81 bits per heavy atom. The minimum absolute atomic E-state index is 0.0809. The van der Waals surface area contributed by atoms with E-state index in [2.05, 4.69) is 10.1 Å². The van der Waals surface area contributed by atoms with E-state index in [4.69, 9.17) is 5.73 Å². The Balaban J connectivity index is 2.30. The van der Waals surface area contributed by atoms with E-state index >= 15 is 0 Å². The summed E-state index contributed by atoms with van der Waals surface area (Å²) < 4.78 is 39.7. The summed E-state index contributed by atoms with van der Waals surface area (Å²) in [5, 5.41) is 2.71. The van der Waals surface area contributed by atoms with Crippen LogP contribution in [0, 0.1) is 0 Å². The molecule has 0 aliphatic carbocycles. The van der Waals surface area contributed by atoms with Crippen LogP contribution in [0.4, 0.5) is 13.2 Å². The SMILES string of the molecule is NCCCCCC(=O)NCc1ccc(OC(F)(F)F)cc1. The van der Waals surface area contributed by atoms with Gasteiger partial charge in [0.25, 0.3) is 0 Å². The van der Waals surface area contributed by atoms with Crippen LogP contribution in [0.3, 0.4) is 0 Å². The Bertz CT molecular complexity index is 433. The van der Waals surface area contributed by atoms with E-state index < -0.39 is 6.36 Å². The largest absolute Gasteiger partial charge is 0.573 e. The van der Waals surface area contributed by atoms with Crippen LogP contribution in [0.2, 0.25) is 0 Å². The lowest BCUT2D eigenvalue weighted by Gasteiger charge is -2.09. The molecule has 0 bridgehead atoms. The van der Waals surface area contributed by atoms with Crippen LogP contribution >= 0.6 is 0 Å². The van der Waals surface area contributed by atoms with E-state index in [1.807, 2.05) is 0 Å². The summed E-state index contributed by atoms with van der Waals surface area (Å²) in [4.78, 5) is 11.5. The van der Waals surface area contributed by atoms with Gasteiger partial charge in [-0.25, -0.2) is 0 Å². The molecule has 0 atom stereocenters. The molecule has 21 heavy (non-hydrogen) atoms. The van der Waals surface area contributed by atoms with Gasteiger partial charge in [-0.05, 0) is 37.1 Å². The van der Waals surface area contributed by atoms with Gasteiger partial charge in [0, 0.05) is 13.0 Å². The first kappa shape index (κ1) is 17.3. The summed E-state index contributed by atoms with van der Waals surface area (Å²) in [6.07, 6.45) is -1.68. The first-order valence-electron chi connectivity index (χ1n) is 6.72. The number of nitrogens with one attached hydrogen (secondary N) is 1. The van der Waals surface area contributed by atoms with Gasteiger partial charge in [0.1, 0.15) is 5.75 Å². The minimum Gasteiger partial charge on any atom is -0.406 e. The lowest BCUT2D eigenvalue weighted by atomic mass is 10.2. The summed E-state index contributed by atoms with van der Waals surface area (Å²) in [5.41, 5.74) is 6.06. The molecule has 0 radical (unpaired) electrons. The number of carbonyl (C=O) groups is 1. The molecule has 7 heteroatoms. The number of halogens is 3. The molecular weight excluding hydrogens is 285 g/mol. The number of nitrogens with two attached hydrogens (primary N) is 1.